The number of aryl methyl sites for hydroxylation is 1. The highest BCUT2D eigenvalue weighted by atomic mass is 32.1. The highest BCUT2D eigenvalue weighted by Gasteiger charge is 2.33. The largest absolute Gasteiger partial charge is 0.434 e. The number of hydrogen-bond acceptors (Lipinski definition) is 2. The van der Waals surface area contributed by atoms with Crippen LogP contribution in [0.3, 0.4) is 0 Å². The van der Waals surface area contributed by atoms with Crippen molar-refractivity contribution in [2.24, 2.45) is 0 Å². The lowest BCUT2D eigenvalue weighted by Crippen LogP contribution is -2.04. The molecule has 0 radical (unpaired) electrons. The van der Waals surface area contributed by atoms with Crippen LogP contribution in [0.1, 0.15) is 10.6 Å². The van der Waals surface area contributed by atoms with Gasteiger partial charge in [0.15, 0.2) is 5.69 Å². The fraction of sp³-hybridized carbons (Fsp3) is 0.400. The molecule has 0 unspecified atom stereocenters. The van der Waals surface area contributed by atoms with Crippen molar-refractivity contribution in [3.05, 3.63) is 16.6 Å². The van der Waals surface area contributed by atoms with Crippen LogP contribution < -0.4 is 0 Å². The van der Waals surface area contributed by atoms with E-state index >= 15 is 0 Å². The second kappa shape index (κ2) is 2.23. The summed E-state index contributed by atoms with van der Waals surface area (Å²) in [6, 6.07) is 1.03. The van der Waals surface area contributed by atoms with E-state index in [1.165, 1.54) is 0 Å². The molecule has 5 heteroatoms. The second-order valence-corrected chi connectivity index (χ2v) is 2.83. The third-order valence-electron chi connectivity index (χ3n) is 0.918. The molecule has 1 aromatic rings. The molecule has 0 amide bonds. The number of hydrogen-bond donors (Lipinski definition) is 0. The summed E-state index contributed by atoms with van der Waals surface area (Å²) in [5.41, 5.74) is -0.796. The molecular formula is C5H4F3NS. The molecule has 1 aromatic heterocycles. The van der Waals surface area contributed by atoms with Gasteiger partial charge >= 0.3 is 6.18 Å². The smallest absolute Gasteiger partial charge is 0.188 e. The van der Waals surface area contributed by atoms with Gasteiger partial charge in [-0.3, -0.25) is 0 Å². The topological polar surface area (TPSA) is 12.9 Å². The van der Waals surface area contributed by atoms with E-state index in [2.05, 4.69) is 4.37 Å². The van der Waals surface area contributed by atoms with Crippen molar-refractivity contribution in [1.29, 1.82) is 0 Å². The van der Waals surface area contributed by atoms with Crippen LogP contribution >= 0.6 is 11.5 Å². The molecule has 0 aliphatic rings. The molecular weight excluding hydrogens is 163 g/mol. The standard InChI is InChI=1S/C5H4F3NS/c1-3-2-4(9-10-3)5(6,7)8/h2H,1H3. The summed E-state index contributed by atoms with van der Waals surface area (Å²) in [6.07, 6.45) is -4.29. The average molecular weight is 167 g/mol. The Hall–Kier alpha value is -0.580. The number of aromatic nitrogens is 1. The number of nitrogens with zero attached hydrogens (tertiary/aromatic N) is 1. The van der Waals surface area contributed by atoms with E-state index in [1.54, 1.807) is 6.92 Å². The summed E-state index contributed by atoms with van der Waals surface area (Å²) in [5.74, 6) is 0. The third kappa shape index (κ3) is 1.47. The highest BCUT2D eigenvalue weighted by Crippen LogP contribution is 2.29. The van der Waals surface area contributed by atoms with Crippen molar-refractivity contribution in [3.8, 4) is 0 Å². The van der Waals surface area contributed by atoms with Crippen LogP contribution in [0.2, 0.25) is 0 Å². The first-order valence-corrected chi connectivity index (χ1v) is 3.28. The Morgan fingerprint density at radius 1 is 1.50 bits per heavy atom. The van der Waals surface area contributed by atoms with E-state index < -0.39 is 11.9 Å². The van der Waals surface area contributed by atoms with Gasteiger partial charge in [-0.2, -0.15) is 17.5 Å². The summed E-state index contributed by atoms with van der Waals surface area (Å²) < 4.78 is 38.4. The van der Waals surface area contributed by atoms with E-state index in [4.69, 9.17) is 0 Å². The molecule has 56 valence electrons. The van der Waals surface area contributed by atoms with Crippen LogP contribution in [0, 0.1) is 6.92 Å². The highest BCUT2D eigenvalue weighted by molar-refractivity contribution is 7.05. The Bertz CT molecular complexity index is 227. The summed E-state index contributed by atoms with van der Waals surface area (Å²) in [5, 5.41) is 0. The Morgan fingerprint density at radius 2 is 2.10 bits per heavy atom. The van der Waals surface area contributed by atoms with Gasteiger partial charge in [-0.15, -0.1) is 0 Å². The third-order valence-corrected chi connectivity index (χ3v) is 1.61. The first-order valence-electron chi connectivity index (χ1n) is 2.50. The Labute approximate surface area is 59.7 Å². The van der Waals surface area contributed by atoms with Gasteiger partial charge in [0.05, 0.1) is 0 Å². The molecule has 0 aromatic carbocycles. The van der Waals surface area contributed by atoms with E-state index in [-0.39, 0.29) is 0 Å². The lowest BCUT2D eigenvalue weighted by atomic mass is 10.4. The van der Waals surface area contributed by atoms with Gasteiger partial charge in [0, 0.05) is 4.88 Å². The van der Waals surface area contributed by atoms with Gasteiger partial charge in [0.25, 0.3) is 0 Å². The van der Waals surface area contributed by atoms with Crippen molar-refractivity contribution >= 4 is 11.5 Å². The molecule has 0 aliphatic heterocycles. The van der Waals surface area contributed by atoms with Crippen molar-refractivity contribution in [3.63, 3.8) is 0 Å². The summed E-state index contributed by atoms with van der Waals surface area (Å²) in [7, 11) is 0. The van der Waals surface area contributed by atoms with Gasteiger partial charge in [-0.25, -0.2) is 0 Å². The molecule has 0 saturated heterocycles. The van der Waals surface area contributed by atoms with Gasteiger partial charge in [0.1, 0.15) is 0 Å². The van der Waals surface area contributed by atoms with Crippen LogP contribution in [0.4, 0.5) is 13.2 Å². The summed E-state index contributed by atoms with van der Waals surface area (Å²) in [4.78, 5) is 0.576. The lowest BCUT2D eigenvalue weighted by Gasteiger charge is -1.98. The maximum Gasteiger partial charge on any atom is 0.434 e. The maximum absolute atomic E-state index is 11.7. The van der Waals surface area contributed by atoms with Crippen LogP contribution in [0.5, 0.6) is 0 Å². The minimum atomic E-state index is -4.29. The SMILES string of the molecule is Cc1cc(C(F)(F)F)ns1. The first kappa shape index (κ1) is 7.53. The van der Waals surface area contributed by atoms with Crippen LogP contribution in [0.15, 0.2) is 6.07 Å². The first-order chi connectivity index (χ1) is 4.50. The fourth-order valence-electron chi connectivity index (χ4n) is 0.500. The average Bonchev–Trinajstić information content (AvgIpc) is 2.11. The molecule has 1 nitrogen and oxygen atoms in total. The lowest BCUT2D eigenvalue weighted by molar-refractivity contribution is -0.140. The Balaban J connectivity index is 2.96. The monoisotopic (exact) mass is 167 g/mol. The fourth-order valence-corrected chi connectivity index (χ4v) is 1.06. The molecule has 0 saturated carbocycles. The van der Waals surface area contributed by atoms with Crippen LogP contribution in [-0.2, 0) is 6.18 Å². The number of halogens is 3. The van der Waals surface area contributed by atoms with Crippen molar-refractivity contribution in [2.75, 3.05) is 0 Å². The van der Waals surface area contributed by atoms with Crippen LogP contribution in [0.25, 0.3) is 0 Å². The minimum absolute atomic E-state index is 0.576. The molecule has 10 heavy (non-hydrogen) atoms. The van der Waals surface area contributed by atoms with E-state index in [9.17, 15) is 13.2 Å². The van der Waals surface area contributed by atoms with Gasteiger partial charge in [-0.05, 0) is 24.5 Å². The normalized spacial score (nSPS) is 12.0. The molecule has 0 aliphatic carbocycles. The molecule has 0 fully saturated rings. The summed E-state index contributed by atoms with van der Waals surface area (Å²) >= 11 is 0.861. The van der Waals surface area contributed by atoms with Gasteiger partial charge in [-0.1, -0.05) is 0 Å². The Kier molecular flexibility index (Phi) is 1.68. The van der Waals surface area contributed by atoms with Gasteiger partial charge < -0.3 is 0 Å². The zero-order valence-electron chi connectivity index (χ0n) is 5.07. The van der Waals surface area contributed by atoms with E-state index in [1.807, 2.05) is 0 Å². The van der Waals surface area contributed by atoms with Crippen molar-refractivity contribution in [2.45, 2.75) is 13.1 Å². The van der Waals surface area contributed by atoms with Crippen molar-refractivity contribution in [1.82, 2.24) is 4.37 Å². The second-order valence-electron chi connectivity index (χ2n) is 1.82. The molecule has 1 rings (SSSR count). The van der Waals surface area contributed by atoms with Gasteiger partial charge in [0.2, 0.25) is 0 Å². The number of alkyl halides is 3. The zero-order chi connectivity index (χ0) is 7.78. The molecule has 0 spiro atoms. The Morgan fingerprint density at radius 3 is 2.30 bits per heavy atom. The van der Waals surface area contributed by atoms with E-state index in [0.29, 0.717) is 4.88 Å². The molecule has 0 N–H and O–H groups in total. The molecule has 0 bridgehead atoms. The summed E-state index contributed by atoms with van der Waals surface area (Å²) in [6.45, 7) is 1.59. The molecule has 1 heterocycles. The quantitative estimate of drug-likeness (QED) is 0.578. The minimum Gasteiger partial charge on any atom is -0.188 e. The van der Waals surface area contributed by atoms with E-state index in [0.717, 1.165) is 17.6 Å². The predicted molar refractivity (Wildman–Crippen MR) is 31.9 cm³/mol. The van der Waals surface area contributed by atoms with Crippen LogP contribution in [-0.4, -0.2) is 4.37 Å². The predicted octanol–water partition coefficient (Wildman–Crippen LogP) is 2.47. The number of rotatable bonds is 0. The zero-order valence-corrected chi connectivity index (χ0v) is 5.88. The maximum atomic E-state index is 11.7. The van der Waals surface area contributed by atoms with Crippen molar-refractivity contribution < 1.29 is 13.2 Å². The molecule has 0 atom stereocenters.